The second-order valence-electron chi connectivity index (χ2n) is 8.57. The number of rotatable bonds is 12. The summed E-state index contributed by atoms with van der Waals surface area (Å²) >= 11 is 0. The molecule has 1 nitrogen and oxygen atoms in total. The van der Waals surface area contributed by atoms with Crippen LogP contribution in [0.15, 0.2) is 132 Å². The highest BCUT2D eigenvalue weighted by atomic mass is 16.1. The van der Waals surface area contributed by atoms with E-state index in [1.165, 1.54) is 16.7 Å². The van der Waals surface area contributed by atoms with Gasteiger partial charge in [0.05, 0.1) is 0 Å². The first-order chi connectivity index (χ1) is 16.2. The molecule has 0 N–H and O–H groups in total. The summed E-state index contributed by atoms with van der Waals surface area (Å²) in [4.78, 5) is 13.3. The predicted octanol–water partition coefficient (Wildman–Crippen LogP) is 9.08. The van der Waals surface area contributed by atoms with E-state index in [1.807, 2.05) is 57.2 Å². The van der Waals surface area contributed by atoms with Gasteiger partial charge in [-0.25, -0.2) is 0 Å². The van der Waals surface area contributed by atoms with Crippen molar-refractivity contribution in [3.05, 3.63) is 143 Å². The summed E-state index contributed by atoms with van der Waals surface area (Å²) < 4.78 is 0. The van der Waals surface area contributed by atoms with Crippen molar-refractivity contribution in [3.63, 3.8) is 0 Å². The van der Waals surface area contributed by atoms with Crippen LogP contribution in [-0.4, -0.2) is 5.78 Å². The van der Waals surface area contributed by atoms with Gasteiger partial charge >= 0.3 is 0 Å². The molecule has 0 atom stereocenters. The minimum Gasteiger partial charge on any atom is -0.294 e. The van der Waals surface area contributed by atoms with Crippen molar-refractivity contribution in [2.24, 2.45) is 0 Å². The van der Waals surface area contributed by atoms with Crippen molar-refractivity contribution in [2.45, 2.75) is 54.4 Å². The number of carbonyl (C=O) groups excluding carboxylic acids is 1. The molecule has 0 aliphatic heterocycles. The smallest absolute Gasteiger partial charge is 0.163 e. The monoisotopic (exact) mass is 452 g/mol. The first kappa shape index (κ1) is 28.6. The number of aryl methyl sites for hydroxylation is 1. The van der Waals surface area contributed by atoms with Gasteiger partial charge in [-0.3, -0.25) is 4.79 Å². The van der Waals surface area contributed by atoms with Gasteiger partial charge in [-0.1, -0.05) is 105 Å². The summed E-state index contributed by atoms with van der Waals surface area (Å²) in [5, 5.41) is 0. The van der Waals surface area contributed by atoms with E-state index in [0.29, 0.717) is 12.0 Å². The lowest BCUT2D eigenvalue weighted by atomic mass is 9.84. The Labute approximate surface area is 207 Å². The fourth-order valence-electron chi connectivity index (χ4n) is 3.39. The van der Waals surface area contributed by atoms with Gasteiger partial charge in [0.15, 0.2) is 5.78 Å². The van der Waals surface area contributed by atoms with Gasteiger partial charge in [-0.05, 0) is 80.0 Å². The maximum atomic E-state index is 13.3. The van der Waals surface area contributed by atoms with Crippen LogP contribution in [0, 0.1) is 6.92 Å². The van der Waals surface area contributed by atoms with Crippen LogP contribution in [0.1, 0.15) is 52.2 Å². The Kier molecular flexibility index (Phi) is 12.3. The molecule has 0 aliphatic carbocycles. The molecule has 178 valence electrons. The van der Waals surface area contributed by atoms with E-state index < -0.39 is 0 Å². The SMILES string of the molecule is C=C\C=C/C(=C(\C)C=C)C(/C(=C)/C(C)=C\C=C(C)C)=C(/C=C\Cc1ccccc1C)C(=O)CC. The lowest BCUT2D eigenvalue weighted by Crippen LogP contribution is -2.08. The fraction of sp³-hybridized carbons (Fsp3) is 0.242. The van der Waals surface area contributed by atoms with E-state index in [9.17, 15) is 4.79 Å². The molecule has 0 aromatic heterocycles. The quantitative estimate of drug-likeness (QED) is 0.228. The van der Waals surface area contributed by atoms with Crippen LogP contribution >= 0.6 is 0 Å². The molecule has 0 aliphatic rings. The molecule has 0 spiro atoms. The van der Waals surface area contributed by atoms with Gasteiger partial charge < -0.3 is 0 Å². The van der Waals surface area contributed by atoms with Crippen molar-refractivity contribution in [3.8, 4) is 0 Å². The summed E-state index contributed by atoms with van der Waals surface area (Å²) in [6.45, 7) is 24.4. The molecular formula is C33H40O. The van der Waals surface area contributed by atoms with Gasteiger partial charge in [-0.15, -0.1) is 0 Å². The van der Waals surface area contributed by atoms with Crippen molar-refractivity contribution in [2.75, 3.05) is 0 Å². The lowest BCUT2D eigenvalue weighted by Gasteiger charge is -2.19. The molecule has 0 amide bonds. The third-order valence-electron chi connectivity index (χ3n) is 5.62. The van der Waals surface area contributed by atoms with Gasteiger partial charge in [0.2, 0.25) is 0 Å². The highest BCUT2D eigenvalue weighted by Gasteiger charge is 2.19. The molecule has 0 saturated carbocycles. The highest BCUT2D eigenvalue weighted by Crippen LogP contribution is 2.32. The first-order valence-corrected chi connectivity index (χ1v) is 11.8. The maximum Gasteiger partial charge on any atom is 0.163 e. The van der Waals surface area contributed by atoms with Crippen LogP contribution < -0.4 is 0 Å². The second-order valence-corrected chi connectivity index (χ2v) is 8.57. The van der Waals surface area contributed by atoms with Gasteiger partial charge in [0, 0.05) is 12.0 Å². The number of hydrogen-bond donors (Lipinski definition) is 0. The minimum absolute atomic E-state index is 0.0774. The zero-order valence-corrected chi connectivity index (χ0v) is 21.9. The first-order valence-electron chi connectivity index (χ1n) is 11.8. The summed E-state index contributed by atoms with van der Waals surface area (Å²) in [7, 11) is 0. The Morgan fingerprint density at radius 2 is 1.65 bits per heavy atom. The van der Waals surface area contributed by atoms with Crippen molar-refractivity contribution in [1.29, 1.82) is 0 Å². The number of hydrogen-bond acceptors (Lipinski definition) is 1. The Bertz CT molecular complexity index is 1100. The average molecular weight is 453 g/mol. The predicted molar refractivity (Wildman–Crippen MR) is 151 cm³/mol. The number of benzene rings is 1. The van der Waals surface area contributed by atoms with Crippen LogP contribution in [0.5, 0.6) is 0 Å². The van der Waals surface area contributed by atoms with E-state index in [4.69, 9.17) is 0 Å². The molecule has 0 radical (unpaired) electrons. The fourth-order valence-corrected chi connectivity index (χ4v) is 3.39. The van der Waals surface area contributed by atoms with Gasteiger partial charge in [0.1, 0.15) is 0 Å². The minimum atomic E-state index is 0.0774. The number of ketones is 1. The average Bonchev–Trinajstić information content (AvgIpc) is 2.83. The van der Waals surface area contributed by atoms with Gasteiger partial charge in [0.25, 0.3) is 0 Å². The molecule has 0 unspecified atom stereocenters. The summed E-state index contributed by atoms with van der Waals surface area (Å²) in [6.07, 6.45) is 16.7. The molecule has 1 aromatic carbocycles. The summed E-state index contributed by atoms with van der Waals surface area (Å²) in [6, 6.07) is 8.31. The zero-order chi connectivity index (χ0) is 25.7. The van der Waals surface area contributed by atoms with Crippen LogP contribution in [0.3, 0.4) is 0 Å². The van der Waals surface area contributed by atoms with Crippen molar-refractivity contribution in [1.82, 2.24) is 0 Å². The molecule has 1 rings (SSSR count). The number of carbonyl (C=O) groups is 1. The maximum absolute atomic E-state index is 13.3. The Balaban J connectivity index is 3.87. The Morgan fingerprint density at radius 1 is 0.971 bits per heavy atom. The molecule has 0 fully saturated rings. The second kappa shape index (κ2) is 14.6. The third-order valence-corrected chi connectivity index (χ3v) is 5.62. The number of Topliss-reactive ketones (excluding diaryl/α,β-unsaturated/α-hetero) is 1. The largest absolute Gasteiger partial charge is 0.294 e. The Morgan fingerprint density at radius 3 is 2.21 bits per heavy atom. The highest BCUT2D eigenvalue weighted by molar-refractivity contribution is 6.00. The zero-order valence-electron chi connectivity index (χ0n) is 21.9. The van der Waals surface area contributed by atoms with Crippen LogP contribution in [-0.2, 0) is 11.2 Å². The van der Waals surface area contributed by atoms with Crippen molar-refractivity contribution < 1.29 is 4.79 Å². The molecule has 1 aromatic rings. The van der Waals surface area contributed by atoms with E-state index in [0.717, 1.165) is 34.3 Å². The lowest BCUT2D eigenvalue weighted by molar-refractivity contribution is -0.115. The van der Waals surface area contributed by atoms with Gasteiger partial charge in [-0.2, -0.15) is 0 Å². The van der Waals surface area contributed by atoms with E-state index >= 15 is 0 Å². The standard InChI is InChI=1S/C33H40O/c1-10-13-20-30(25(6)11-2)33(28(9)26(7)23-22-24(4)5)31(32(34)12-3)21-16-19-29-18-15-14-17-27(29)8/h10-11,13-18,20-23H,1-2,9,12,19H2,3-8H3/b20-13-,21-16-,26-23-,30-25-,33-31-. The topological polar surface area (TPSA) is 17.1 Å². The number of allylic oxidation sites excluding steroid dienone is 15. The molecule has 1 heteroatoms. The van der Waals surface area contributed by atoms with Crippen LogP contribution in [0.4, 0.5) is 0 Å². The Hall–Kier alpha value is -3.45. The molecule has 0 heterocycles. The molecule has 0 bridgehead atoms. The molecule has 34 heavy (non-hydrogen) atoms. The molecule has 0 saturated heterocycles. The van der Waals surface area contributed by atoms with Crippen molar-refractivity contribution >= 4 is 5.78 Å². The normalized spacial score (nSPS) is 13.4. The summed E-state index contributed by atoms with van der Waals surface area (Å²) in [5.74, 6) is 0.0774. The van der Waals surface area contributed by atoms with E-state index in [2.05, 4.69) is 70.9 Å². The summed E-state index contributed by atoms with van der Waals surface area (Å²) in [5.41, 5.74) is 8.89. The van der Waals surface area contributed by atoms with Crippen LogP contribution in [0.25, 0.3) is 0 Å². The van der Waals surface area contributed by atoms with Crippen LogP contribution in [0.2, 0.25) is 0 Å². The molecular weight excluding hydrogens is 412 g/mol. The van der Waals surface area contributed by atoms with E-state index in [-0.39, 0.29) is 5.78 Å². The van der Waals surface area contributed by atoms with E-state index in [1.54, 1.807) is 6.08 Å². The third kappa shape index (κ3) is 8.48.